The zero-order valence-corrected chi connectivity index (χ0v) is 13.4. The summed E-state index contributed by atoms with van der Waals surface area (Å²) < 4.78 is 0. The van der Waals surface area contributed by atoms with Gasteiger partial charge in [-0.1, -0.05) is 24.3 Å². The number of carboxylic acids is 1. The maximum atomic E-state index is 10.7. The first-order valence-corrected chi connectivity index (χ1v) is 8.19. The molecule has 2 rings (SSSR count). The van der Waals surface area contributed by atoms with Crippen LogP contribution in [0.25, 0.3) is 10.6 Å². The Kier molecular flexibility index (Phi) is 6.06. The average Bonchev–Trinajstić information content (AvgIpc) is 2.94. The minimum atomic E-state index is -1.12. The van der Waals surface area contributed by atoms with E-state index in [2.05, 4.69) is 18.0 Å². The summed E-state index contributed by atoms with van der Waals surface area (Å²) in [5.41, 5.74) is 2.72. The van der Waals surface area contributed by atoms with Gasteiger partial charge in [0.15, 0.2) is 0 Å². The first-order valence-electron chi connectivity index (χ1n) is 7.31. The van der Waals surface area contributed by atoms with Gasteiger partial charge in [-0.3, -0.25) is 0 Å². The summed E-state index contributed by atoms with van der Waals surface area (Å²) in [6.45, 7) is 4.71. The second-order valence-corrected chi connectivity index (χ2v) is 5.96. The second-order valence-electron chi connectivity index (χ2n) is 5.10. The van der Waals surface area contributed by atoms with E-state index in [1.807, 2.05) is 18.2 Å². The molecule has 0 radical (unpaired) electrons. The Morgan fingerprint density at radius 1 is 1.41 bits per heavy atom. The number of thiazole rings is 1. The molecule has 0 spiro atoms. The molecule has 2 N–H and O–H groups in total. The SMILES string of the molecule is CC[NH+](CCO)Cc1ccccc1-c1nc(CC(=O)[O-])cs1. The van der Waals surface area contributed by atoms with Crippen molar-refractivity contribution in [3.8, 4) is 10.6 Å². The third-order valence-electron chi connectivity index (χ3n) is 3.53. The Bertz CT molecular complexity index is 627. The number of quaternary nitrogens is 1. The second kappa shape index (κ2) is 8.03. The van der Waals surface area contributed by atoms with Crippen LogP contribution in [0.4, 0.5) is 0 Å². The van der Waals surface area contributed by atoms with Gasteiger partial charge in [0.05, 0.1) is 18.8 Å². The first kappa shape index (κ1) is 16.6. The molecule has 0 amide bonds. The molecule has 0 aliphatic heterocycles. The van der Waals surface area contributed by atoms with Crippen molar-refractivity contribution in [2.24, 2.45) is 0 Å². The summed E-state index contributed by atoms with van der Waals surface area (Å²) in [4.78, 5) is 16.4. The molecule has 1 unspecified atom stereocenters. The largest absolute Gasteiger partial charge is 0.550 e. The number of benzene rings is 1. The van der Waals surface area contributed by atoms with Crippen LogP contribution in [-0.2, 0) is 17.8 Å². The van der Waals surface area contributed by atoms with E-state index < -0.39 is 5.97 Å². The summed E-state index contributed by atoms with van der Waals surface area (Å²) in [6.07, 6.45) is -0.157. The van der Waals surface area contributed by atoms with Crippen molar-refractivity contribution < 1.29 is 19.9 Å². The molecule has 5 nitrogen and oxygen atoms in total. The number of hydrogen-bond donors (Lipinski definition) is 2. The van der Waals surface area contributed by atoms with Crippen LogP contribution < -0.4 is 10.0 Å². The molecule has 0 aliphatic carbocycles. The highest BCUT2D eigenvalue weighted by molar-refractivity contribution is 7.13. The number of likely N-dealkylation sites (N-methyl/N-ethyl adjacent to an activating group) is 1. The Balaban J connectivity index is 2.24. The Morgan fingerprint density at radius 2 is 2.18 bits per heavy atom. The zero-order chi connectivity index (χ0) is 15.9. The van der Waals surface area contributed by atoms with Crippen LogP contribution >= 0.6 is 11.3 Å². The zero-order valence-electron chi connectivity index (χ0n) is 12.5. The fourth-order valence-corrected chi connectivity index (χ4v) is 3.24. The average molecular weight is 320 g/mol. The quantitative estimate of drug-likeness (QED) is 0.687. The van der Waals surface area contributed by atoms with Gasteiger partial charge < -0.3 is 19.9 Å². The molecule has 0 bridgehead atoms. The van der Waals surface area contributed by atoms with E-state index in [9.17, 15) is 9.90 Å². The van der Waals surface area contributed by atoms with Crippen molar-refractivity contribution in [1.29, 1.82) is 0 Å². The lowest BCUT2D eigenvalue weighted by Gasteiger charge is -2.17. The number of carbonyl (C=O) groups excluding carboxylic acids is 1. The maximum absolute atomic E-state index is 10.7. The van der Waals surface area contributed by atoms with E-state index in [0.717, 1.165) is 29.2 Å². The van der Waals surface area contributed by atoms with Gasteiger partial charge >= 0.3 is 0 Å². The summed E-state index contributed by atoms with van der Waals surface area (Å²) in [6, 6.07) is 8.00. The molecule has 0 fully saturated rings. The molecule has 1 heterocycles. The van der Waals surface area contributed by atoms with Crippen molar-refractivity contribution in [2.45, 2.75) is 19.9 Å². The van der Waals surface area contributed by atoms with Crippen LogP contribution in [0.2, 0.25) is 0 Å². The number of aliphatic hydroxyl groups is 1. The van der Waals surface area contributed by atoms with E-state index in [1.54, 1.807) is 5.38 Å². The number of carboxylic acid groups (broad SMARTS) is 1. The van der Waals surface area contributed by atoms with E-state index in [-0.39, 0.29) is 13.0 Å². The Morgan fingerprint density at radius 3 is 2.86 bits per heavy atom. The smallest absolute Gasteiger partial charge is 0.124 e. The van der Waals surface area contributed by atoms with Crippen molar-refractivity contribution >= 4 is 17.3 Å². The molecule has 0 saturated carbocycles. The van der Waals surface area contributed by atoms with Gasteiger partial charge in [0.25, 0.3) is 0 Å². The fraction of sp³-hybridized carbons (Fsp3) is 0.375. The Hall–Kier alpha value is -1.76. The van der Waals surface area contributed by atoms with Crippen LogP contribution in [0.1, 0.15) is 18.2 Å². The molecule has 1 aromatic carbocycles. The van der Waals surface area contributed by atoms with Crippen LogP contribution in [0.3, 0.4) is 0 Å². The molecule has 0 aliphatic rings. The lowest BCUT2D eigenvalue weighted by Crippen LogP contribution is -3.10. The van der Waals surface area contributed by atoms with Gasteiger partial charge in [-0.15, -0.1) is 11.3 Å². The van der Waals surface area contributed by atoms with Gasteiger partial charge in [-0.05, 0) is 6.92 Å². The number of nitrogens with one attached hydrogen (secondary N) is 1. The van der Waals surface area contributed by atoms with Gasteiger partial charge in [0, 0.05) is 28.9 Å². The van der Waals surface area contributed by atoms with Crippen molar-refractivity contribution in [2.75, 3.05) is 19.7 Å². The highest BCUT2D eigenvalue weighted by Gasteiger charge is 2.13. The molecule has 2 aromatic rings. The van der Waals surface area contributed by atoms with Gasteiger partial charge in [-0.2, -0.15) is 0 Å². The highest BCUT2D eigenvalue weighted by atomic mass is 32.1. The lowest BCUT2D eigenvalue weighted by molar-refractivity contribution is -0.912. The lowest BCUT2D eigenvalue weighted by atomic mass is 10.1. The number of hydrogen-bond acceptors (Lipinski definition) is 5. The summed E-state index contributed by atoms with van der Waals surface area (Å²) in [5, 5.41) is 22.4. The van der Waals surface area contributed by atoms with E-state index in [0.29, 0.717) is 12.2 Å². The third-order valence-corrected chi connectivity index (χ3v) is 4.46. The first-order chi connectivity index (χ1) is 10.6. The van der Waals surface area contributed by atoms with Crippen molar-refractivity contribution in [3.63, 3.8) is 0 Å². The topological polar surface area (TPSA) is 77.7 Å². The molecule has 0 saturated heterocycles. The normalized spacial score (nSPS) is 12.3. The van der Waals surface area contributed by atoms with E-state index >= 15 is 0 Å². The van der Waals surface area contributed by atoms with Crippen LogP contribution in [0.15, 0.2) is 29.6 Å². The molecule has 118 valence electrons. The van der Waals surface area contributed by atoms with Crippen LogP contribution in [0, 0.1) is 0 Å². The third kappa shape index (κ3) is 4.37. The molecule has 1 atom stereocenters. The highest BCUT2D eigenvalue weighted by Crippen LogP contribution is 2.26. The fourth-order valence-electron chi connectivity index (χ4n) is 2.36. The van der Waals surface area contributed by atoms with Gasteiger partial charge in [0.1, 0.15) is 18.1 Å². The standard InChI is InChI=1S/C16H20N2O3S/c1-2-18(7-8-19)10-12-5-3-4-6-14(12)16-17-13(11-22-16)9-15(20)21/h3-6,11,19H,2,7-10H2,1H3,(H,20,21). The van der Waals surface area contributed by atoms with Crippen LogP contribution in [0.5, 0.6) is 0 Å². The summed E-state index contributed by atoms with van der Waals surface area (Å²) in [7, 11) is 0. The summed E-state index contributed by atoms with van der Waals surface area (Å²) >= 11 is 1.45. The molecular weight excluding hydrogens is 300 g/mol. The molecule has 1 aromatic heterocycles. The minimum Gasteiger partial charge on any atom is -0.550 e. The monoisotopic (exact) mass is 320 g/mol. The number of nitrogens with zero attached hydrogens (tertiary/aromatic N) is 1. The van der Waals surface area contributed by atoms with Gasteiger partial charge in [0.2, 0.25) is 0 Å². The Labute approximate surface area is 133 Å². The molecule has 22 heavy (non-hydrogen) atoms. The predicted octanol–water partition coefficient (Wildman–Crippen LogP) is -0.500. The number of aromatic nitrogens is 1. The van der Waals surface area contributed by atoms with E-state index in [1.165, 1.54) is 16.2 Å². The number of rotatable bonds is 8. The van der Waals surface area contributed by atoms with E-state index in [4.69, 9.17) is 5.11 Å². The van der Waals surface area contributed by atoms with Gasteiger partial charge in [-0.25, -0.2) is 4.98 Å². The number of aliphatic hydroxyl groups excluding tert-OH is 1. The minimum absolute atomic E-state index is 0.157. The predicted molar refractivity (Wildman–Crippen MR) is 83.4 cm³/mol. The van der Waals surface area contributed by atoms with Crippen molar-refractivity contribution in [3.05, 3.63) is 40.9 Å². The molecular formula is C16H20N2O3S. The maximum Gasteiger partial charge on any atom is 0.124 e. The number of carbonyl (C=O) groups is 1. The number of aliphatic carboxylic acids is 1. The summed E-state index contributed by atoms with van der Waals surface area (Å²) in [5.74, 6) is -1.12. The molecule has 6 heteroatoms. The van der Waals surface area contributed by atoms with Crippen molar-refractivity contribution in [1.82, 2.24) is 4.98 Å². The van der Waals surface area contributed by atoms with Crippen LogP contribution in [-0.4, -0.2) is 35.8 Å².